The molecule has 0 aliphatic carbocycles. The molecule has 0 bridgehead atoms. The Balaban J connectivity index is 2.00. The second-order valence-corrected chi connectivity index (χ2v) is 6.57. The molecule has 1 amide bonds. The zero-order chi connectivity index (χ0) is 16.9. The molecule has 1 N–H and O–H groups in total. The molecule has 0 saturated heterocycles. The molecule has 3 nitrogen and oxygen atoms in total. The second-order valence-electron chi connectivity index (χ2n) is 6.57. The van der Waals surface area contributed by atoms with Gasteiger partial charge in [0.15, 0.2) is 0 Å². The van der Waals surface area contributed by atoms with Gasteiger partial charge in [0.1, 0.15) is 0 Å². The fourth-order valence-electron chi connectivity index (χ4n) is 2.49. The number of hydrogen-bond acceptors (Lipinski definition) is 2. The Morgan fingerprint density at radius 1 is 1.13 bits per heavy atom. The Bertz CT molecular complexity index is 660. The Labute approximate surface area is 138 Å². The summed E-state index contributed by atoms with van der Waals surface area (Å²) < 4.78 is 5.08. The lowest BCUT2D eigenvalue weighted by molar-refractivity contribution is 0.0945. The average Bonchev–Trinajstić information content (AvgIpc) is 2.54. The highest BCUT2D eigenvalue weighted by Crippen LogP contribution is 2.23. The van der Waals surface area contributed by atoms with Crippen LogP contribution in [0.4, 0.5) is 0 Å². The van der Waals surface area contributed by atoms with E-state index in [2.05, 4.69) is 50.4 Å². The maximum Gasteiger partial charge on any atom is 0.251 e. The summed E-state index contributed by atoms with van der Waals surface area (Å²) in [4.78, 5) is 12.3. The van der Waals surface area contributed by atoms with Gasteiger partial charge in [-0.2, -0.15) is 0 Å². The molecule has 0 saturated carbocycles. The fraction of sp³-hybridized carbons (Fsp3) is 0.350. The fourth-order valence-corrected chi connectivity index (χ4v) is 2.49. The zero-order valence-electron chi connectivity index (χ0n) is 14.3. The van der Waals surface area contributed by atoms with Gasteiger partial charge >= 0.3 is 0 Å². The summed E-state index contributed by atoms with van der Waals surface area (Å²) in [6.07, 6.45) is 0. The molecule has 0 atom stereocenters. The summed E-state index contributed by atoms with van der Waals surface area (Å²) >= 11 is 0. The third-order valence-electron chi connectivity index (χ3n) is 4.02. The highest BCUT2D eigenvalue weighted by molar-refractivity contribution is 5.94. The van der Waals surface area contributed by atoms with Crippen LogP contribution in [0.5, 0.6) is 0 Å². The minimum absolute atomic E-state index is 0.0466. The normalized spacial score (nSPS) is 11.3. The van der Waals surface area contributed by atoms with Crippen LogP contribution in [0.2, 0.25) is 0 Å². The van der Waals surface area contributed by atoms with Gasteiger partial charge in [0.25, 0.3) is 5.91 Å². The van der Waals surface area contributed by atoms with Crippen molar-refractivity contribution in [3.05, 3.63) is 70.8 Å². The smallest absolute Gasteiger partial charge is 0.251 e. The SMILES string of the molecule is COCc1ccc(C(=O)NCC(C)(C)c2cccc(C)c2)cc1. The van der Waals surface area contributed by atoms with Gasteiger partial charge in [-0.3, -0.25) is 4.79 Å². The summed E-state index contributed by atoms with van der Waals surface area (Å²) in [5, 5.41) is 3.04. The van der Waals surface area contributed by atoms with Crippen molar-refractivity contribution >= 4 is 5.91 Å². The number of benzene rings is 2. The van der Waals surface area contributed by atoms with Gasteiger partial charge < -0.3 is 10.1 Å². The first-order valence-corrected chi connectivity index (χ1v) is 7.85. The minimum atomic E-state index is -0.113. The molecule has 0 spiro atoms. The van der Waals surface area contributed by atoms with E-state index in [1.54, 1.807) is 7.11 Å². The van der Waals surface area contributed by atoms with Crippen molar-refractivity contribution in [2.75, 3.05) is 13.7 Å². The lowest BCUT2D eigenvalue weighted by Gasteiger charge is -2.26. The predicted octanol–water partition coefficient (Wildman–Crippen LogP) is 3.85. The highest BCUT2D eigenvalue weighted by atomic mass is 16.5. The van der Waals surface area contributed by atoms with Crippen molar-refractivity contribution in [1.82, 2.24) is 5.32 Å². The predicted molar refractivity (Wildman–Crippen MR) is 93.7 cm³/mol. The van der Waals surface area contributed by atoms with Gasteiger partial charge in [0.2, 0.25) is 0 Å². The Morgan fingerprint density at radius 2 is 1.83 bits per heavy atom. The molecule has 0 fully saturated rings. The maximum absolute atomic E-state index is 12.3. The van der Waals surface area contributed by atoms with Crippen molar-refractivity contribution < 1.29 is 9.53 Å². The molecule has 0 radical (unpaired) electrons. The number of rotatable bonds is 6. The average molecular weight is 311 g/mol. The number of nitrogens with one attached hydrogen (secondary N) is 1. The number of amides is 1. The van der Waals surface area contributed by atoms with Crippen molar-refractivity contribution in [2.24, 2.45) is 0 Å². The lowest BCUT2D eigenvalue weighted by atomic mass is 9.84. The van der Waals surface area contributed by atoms with E-state index in [-0.39, 0.29) is 11.3 Å². The van der Waals surface area contributed by atoms with E-state index in [1.165, 1.54) is 11.1 Å². The number of carbonyl (C=O) groups is 1. The molecule has 23 heavy (non-hydrogen) atoms. The molecule has 2 aromatic carbocycles. The third-order valence-corrected chi connectivity index (χ3v) is 4.02. The Hall–Kier alpha value is -2.13. The van der Waals surface area contributed by atoms with E-state index in [1.807, 2.05) is 24.3 Å². The van der Waals surface area contributed by atoms with E-state index < -0.39 is 0 Å². The first kappa shape index (κ1) is 17.2. The molecule has 3 heteroatoms. The number of methoxy groups -OCH3 is 1. The van der Waals surface area contributed by atoms with Crippen molar-refractivity contribution in [3.8, 4) is 0 Å². The molecule has 2 rings (SSSR count). The van der Waals surface area contributed by atoms with Gasteiger partial charge in [0, 0.05) is 24.6 Å². The van der Waals surface area contributed by atoms with Crippen LogP contribution >= 0.6 is 0 Å². The summed E-state index contributed by atoms with van der Waals surface area (Å²) in [6, 6.07) is 15.9. The van der Waals surface area contributed by atoms with Gasteiger partial charge in [-0.05, 0) is 30.2 Å². The maximum atomic E-state index is 12.3. The van der Waals surface area contributed by atoms with Gasteiger partial charge in [-0.25, -0.2) is 0 Å². The lowest BCUT2D eigenvalue weighted by Crippen LogP contribution is -2.36. The van der Waals surface area contributed by atoms with Crippen LogP contribution in [0.1, 0.15) is 40.9 Å². The second kappa shape index (κ2) is 7.42. The molecule has 122 valence electrons. The standard InChI is InChI=1S/C20H25NO2/c1-15-6-5-7-18(12-15)20(2,3)14-21-19(22)17-10-8-16(9-11-17)13-23-4/h5-12H,13-14H2,1-4H3,(H,21,22). The molecule has 2 aromatic rings. The summed E-state index contributed by atoms with van der Waals surface area (Å²) in [6.45, 7) is 7.52. The van der Waals surface area contributed by atoms with Crippen LogP contribution in [0.3, 0.4) is 0 Å². The van der Waals surface area contributed by atoms with Crippen LogP contribution in [-0.2, 0) is 16.8 Å². The molecule has 0 aliphatic heterocycles. The van der Waals surface area contributed by atoms with Crippen molar-refractivity contribution in [3.63, 3.8) is 0 Å². The highest BCUT2D eigenvalue weighted by Gasteiger charge is 2.21. The topological polar surface area (TPSA) is 38.3 Å². The number of carbonyl (C=O) groups excluding carboxylic acids is 1. The van der Waals surface area contributed by atoms with Crippen molar-refractivity contribution in [1.29, 1.82) is 0 Å². The van der Waals surface area contributed by atoms with Crippen LogP contribution in [0.25, 0.3) is 0 Å². The van der Waals surface area contributed by atoms with E-state index in [0.717, 1.165) is 5.56 Å². The first-order chi connectivity index (χ1) is 10.9. The minimum Gasteiger partial charge on any atom is -0.380 e. The van der Waals surface area contributed by atoms with Crippen LogP contribution < -0.4 is 5.32 Å². The Kier molecular flexibility index (Phi) is 5.56. The zero-order valence-corrected chi connectivity index (χ0v) is 14.3. The van der Waals surface area contributed by atoms with E-state index in [0.29, 0.717) is 18.7 Å². The van der Waals surface area contributed by atoms with E-state index >= 15 is 0 Å². The molecule has 0 aromatic heterocycles. The van der Waals surface area contributed by atoms with Crippen LogP contribution in [0, 0.1) is 6.92 Å². The van der Waals surface area contributed by atoms with Crippen LogP contribution in [0.15, 0.2) is 48.5 Å². The number of hydrogen-bond donors (Lipinski definition) is 1. The molecule has 0 unspecified atom stereocenters. The molecular formula is C20H25NO2. The molecule has 0 heterocycles. The summed E-state index contributed by atoms with van der Waals surface area (Å²) in [5.41, 5.74) is 4.08. The summed E-state index contributed by atoms with van der Waals surface area (Å²) in [5.74, 6) is -0.0466. The van der Waals surface area contributed by atoms with Gasteiger partial charge in [-0.1, -0.05) is 55.8 Å². The Morgan fingerprint density at radius 3 is 2.43 bits per heavy atom. The van der Waals surface area contributed by atoms with Gasteiger partial charge in [-0.15, -0.1) is 0 Å². The monoisotopic (exact) mass is 311 g/mol. The van der Waals surface area contributed by atoms with E-state index in [4.69, 9.17) is 4.74 Å². The van der Waals surface area contributed by atoms with Crippen molar-refractivity contribution in [2.45, 2.75) is 32.8 Å². The van der Waals surface area contributed by atoms with Gasteiger partial charge in [0.05, 0.1) is 6.61 Å². The number of aryl methyl sites for hydroxylation is 1. The van der Waals surface area contributed by atoms with Crippen LogP contribution in [-0.4, -0.2) is 19.6 Å². The molecule has 0 aliphatic rings. The summed E-state index contributed by atoms with van der Waals surface area (Å²) in [7, 11) is 1.66. The largest absolute Gasteiger partial charge is 0.380 e. The van der Waals surface area contributed by atoms with E-state index in [9.17, 15) is 4.79 Å². The first-order valence-electron chi connectivity index (χ1n) is 7.85. The molecular weight excluding hydrogens is 286 g/mol. The number of ether oxygens (including phenoxy) is 1. The third kappa shape index (κ3) is 4.67. The quantitative estimate of drug-likeness (QED) is 0.880.